The van der Waals surface area contributed by atoms with Crippen molar-refractivity contribution in [3.05, 3.63) is 46.7 Å². The molecular weight excluding hydrogens is 231 g/mol. The summed E-state index contributed by atoms with van der Waals surface area (Å²) in [5.74, 6) is 0. The number of nitrogens with two attached hydrogens (primary N) is 1. The first-order valence-electron chi connectivity index (χ1n) is 4.33. The van der Waals surface area contributed by atoms with E-state index < -0.39 is 0 Å². The van der Waals surface area contributed by atoms with Crippen molar-refractivity contribution in [2.75, 3.05) is 5.73 Å². The lowest BCUT2D eigenvalue weighted by Gasteiger charge is -2.05. The third-order valence-corrected chi connectivity index (χ3v) is 2.82. The Morgan fingerprint density at radius 3 is 2.53 bits per heavy atom. The lowest BCUT2D eigenvalue weighted by atomic mass is 10.1. The van der Waals surface area contributed by atoms with E-state index in [4.69, 9.17) is 28.9 Å². The fraction of sp³-hybridized carbons (Fsp3) is 0. The van der Waals surface area contributed by atoms with Gasteiger partial charge in [0, 0.05) is 11.8 Å². The van der Waals surface area contributed by atoms with Crippen LogP contribution in [0, 0.1) is 0 Å². The van der Waals surface area contributed by atoms with E-state index in [9.17, 15) is 0 Å². The molecule has 0 saturated carbocycles. The van der Waals surface area contributed by atoms with E-state index in [1.807, 2.05) is 12.1 Å². The SMILES string of the molecule is Nc1cnccc1-c1ccc(Cl)c(Cl)c1. The van der Waals surface area contributed by atoms with E-state index in [1.54, 1.807) is 24.5 Å². The highest BCUT2D eigenvalue weighted by molar-refractivity contribution is 6.42. The van der Waals surface area contributed by atoms with Gasteiger partial charge < -0.3 is 5.73 Å². The Hall–Kier alpha value is -1.25. The maximum atomic E-state index is 5.93. The van der Waals surface area contributed by atoms with Crippen LogP contribution in [0.3, 0.4) is 0 Å². The molecule has 0 unspecified atom stereocenters. The lowest BCUT2D eigenvalue weighted by Crippen LogP contribution is -1.90. The van der Waals surface area contributed by atoms with Crippen LogP contribution in [0.15, 0.2) is 36.7 Å². The summed E-state index contributed by atoms with van der Waals surface area (Å²) in [4.78, 5) is 3.93. The minimum absolute atomic E-state index is 0.519. The summed E-state index contributed by atoms with van der Waals surface area (Å²) < 4.78 is 0. The summed E-state index contributed by atoms with van der Waals surface area (Å²) in [6, 6.07) is 7.25. The molecule has 0 spiro atoms. The normalized spacial score (nSPS) is 10.3. The predicted octanol–water partition coefficient (Wildman–Crippen LogP) is 3.64. The van der Waals surface area contributed by atoms with Crippen LogP contribution >= 0.6 is 23.2 Å². The molecule has 0 amide bonds. The highest BCUT2D eigenvalue weighted by Crippen LogP contribution is 2.30. The second-order valence-electron chi connectivity index (χ2n) is 3.09. The molecule has 2 aromatic rings. The molecule has 2 rings (SSSR count). The third kappa shape index (κ3) is 2.06. The van der Waals surface area contributed by atoms with Gasteiger partial charge in [-0.25, -0.2) is 0 Å². The number of pyridine rings is 1. The van der Waals surface area contributed by atoms with Crippen molar-refractivity contribution in [1.82, 2.24) is 4.98 Å². The second-order valence-corrected chi connectivity index (χ2v) is 3.91. The van der Waals surface area contributed by atoms with Gasteiger partial charge >= 0.3 is 0 Å². The largest absolute Gasteiger partial charge is 0.397 e. The fourth-order valence-electron chi connectivity index (χ4n) is 1.33. The summed E-state index contributed by atoms with van der Waals surface area (Å²) in [5, 5.41) is 1.05. The number of hydrogen-bond acceptors (Lipinski definition) is 2. The summed E-state index contributed by atoms with van der Waals surface area (Å²) in [7, 11) is 0. The molecule has 0 atom stereocenters. The summed E-state index contributed by atoms with van der Waals surface area (Å²) in [5.41, 5.74) is 8.26. The first-order chi connectivity index (χ1) is 7.18. The molecule has 4 heteroatoms. The Balaban J connectivity index is 2.55. The summed E-state index contributed by atoms with van der Waals surface area (Å²) in [6.07, 6.45) is 3.30. The van der Waals surface area contributed by atoms with Crippen molar-refractivity contribution in [2.45, 2.75) is 0 Å². The number of rotatable bonds is 1. The van der Waals surface area contributed by atoms with E-state index in [0.717, 1.165) is 11.1 Å². The van der Waals surface area contributed by atoms with Crippen LogP contribution in [0.1, 0.15) is 0 Å². The van der Waals surface area contributed by atoms with Gasteiger partial charge in [0.1, 0.15) is 0 Å². The van der Waals surface area contributed by atoms with Gasteiger partial charge in [-0.05, 0) is 23.8 Å². The van der Waals surface area contributed by atoms with Crippen molar-refractivity contribution in [2.24, 2.45) is 0 Å². The standard InChI is InChI=1S/C11H8Cl2N2/c12-9-2-1-7(5-10(9)13)8-3-4-15-6-11(8)14/h1-6H,14H2. The molecule has 2 nitrogen and oxygen atoms in total. The summed E-state index contributed by atoms with van der Waals surface area (Å²) in [6.45, 7) is 0. The molecule has 0 bridgehead atoms. The van der Waals surface area contributed by atoms with Gasteiger partial charge in [0.05, 0.1) is 21.9 Å². The molecule has 1 aromatic heterocycles. The van der Waals surface area contributed by atoms with E-state index in [1.165, 1.54) is 0 Å². The van der Waals surface area contributed by atoms with Gasteiger partial charge in [-0.1, -0.05) is 29.3 Å². The molecule has 0 radical (unpaired) electrons. The second kappa shape index (κ2) is 4.09. The van der Waals surface area contributed by atoms with Gasteiger partial charge in [-0.2, -0.15) is 0 Å². The number of nitrogen functional groups attached to an aromatic ring is 1. The Morgan fingerprint density at radius 1 is 1.07 bits per heavy atom. The van der Waals surface area contributed by atoms with Crippen LogP contribution in [0.5, 0.6) is 0 Å². The molecule has 0 aliphatic heterocycles. The summed E-state index contributed by atoms with van der Waals surface area (Å²) >= 11 is 11.8. The quantitative estimate of drug-likeness (QED) is 0.825. The highest BCUT2D eigenvalue weighted by Gasteiger charge is 2.04. The highest BCUT2D eigenvalue weighted by atomic mass is 35.5. The van der Waals surface area contributed by atoms with Crippen LogP contribution < -0.4 is 5.73 Å². The molecule has 1 heterocycles. The molecule has 0 aliphatic rings. The Bertz CT molecular complexity index is 498. The van der Waals surface area contributed by atoms with Crippen LogP contribution in [-0.2, 0) is 0 Å². The van der Waals surface area contributed by atoms with Crippen molar-refractivity contribution in [1.29, 1.82) is 0 Å². The number of hydrogen-bond donors (Lipinski definition) is 1. The molecular formula is C11H8Cl2N2. The zero-order valence-electron chi connectivity index (χ0n) is 7.74. The monoisotopic (exact) mass is 238 g/mol. The van der Waals surface area contributed by atoms with E-state index in [2.05, 4.69) is 4.98 Å². The molecule has 15 heavy (non-hydrogen) atoms. The zero-order chi connectivity index (χ0) is 10.8. The first-order valence-corrected chi connectivity index (χ1v) is 5.09. The zero-order valence-corrected chi connectivity index (χ0v) is 9.26. The van der Waals surface area contributed by atoms with Gasteiger partial charge in [-0.15, -0.1) is 0 Å². The molecule has 1 aromatic carbocycles. The van der Waals surface area contributed by atoms with E-state index in [-0.39, 0.29) is 0 Å². The van der Waals surface area contributed by atoms with Gasteiger partial charge in [0.25, 0.3) is 0 Å². The van der Waals surface area contributed by atoms with Gasteiger partial charge in [-0.3, -0.25) is 4.98 Å². The smallest absolute Gasteiger partial charge is 0.0598 e. The van der Waals surface area contributed by atoms with Crippen molar-refractivity contribution in [3.8, 4) is 11.1 Å². The molecule has 0 saturated heterocycles. The topological polar surface area (TPSA) is 38.9 Å². The first kappa shape index (κ1) is 10.3. The number of anilines is 1. The number of aromatic nitrogens is 1. The van der Waals surface area contributed by atoms with Gasteiger partial charge in [0.15, 0.2) is 0 Å². The average molecular weight is 239 g/mol. The van der Waals surface area contributed by atoms with E-state index >= 15 is 0 Å². The van der Waals surface area contributed by atoms with Crippen LogP contribution in [0.4, 0.5) is 5.69 Å². The number of halogens is 2. The predicted molar refractivity (Wildman–Crippen MR) is 64.1 cm³/mol. The Kier molecular flexibility index (Phi) is 2.80. The number of benzene rings is 1. The van der Waals surface area contributed by atoms with Crippen LogP contribution in [0.25, 0.3) is 11.1 Å². The van der Waals surface area contributed by atoms with Crippen LogP contribution in [0.2, 0.25) is 10.0 Å². The molecule has 0 aliphatic carbocycles. The maximum absolute atomic E-state index is 5.93. The minimum Gasteiger partial charge on any atom is -0.397 e. The molecule has 2 N–H and O–H groups in total. The Morgan fingerprint density at radius 2 is 1.87 bits per heavy atom. The van der Waals surface area contributed by atoms with Crippen LogP contribution in [-0.4, -0.2) is 4.98 Å². The third-order valence-electron chi connectivity index (χ3n) is 2.08. The average Bonchev–Trinajstić information content (AvgIpc) is 2.23. The fourth-order valence-corrected chi connectivity index (χ4v) is 1.63. The van der Waals surface area contributed by atoms with Crippen molar-refractivity contribution in [3.63, 3.8) is 0 Å². The molecule has 76 valence electrons. The minimum atomic E-state index is 0.519. The molecule has 0 fully saturated rings. The number of nitrogens with zero attached hydrogens (tertiary/aromatic N) is 1. The lowest BCUT2D eigenvalue weighted by molar-refractivity contribution is 1.33. The van der Waals surface area contributed by atoms with E-state index in [0.29, 0.717) is 15.7 Å². The van der Waals surface area contributed by atoms with Crippen molar-refractivity contribution < 1.29 is 0 Å². The Labute approximate surface area is 97.7 Å². The maximum Gasteiger partial charge on any atom is 0.0598 e. The van der Waals surface area contributed by atoms with Crippen molar-refractivity contribution >= 4 is 28.9 Å². The van der Waals surface area contributed by atoms with Gasteiger partial charge in [0.2, 0.25) is 0 Å².